The van der Waals surface area contributed by atoms with E-state index >= 15 is 0 Å². The van der Waals surface area contributed by atoms with Gasteiger partial charge in [-0.05, 0) is 25.7 Å². The van der Waals surface area contributed by atoms with Crippen LogP contribution in [-0.4, -0.2) is 4.57 Å². The van der Waals surface area contributed by atoms with E-state index in [1.807, 2.05) is 0 Å². The van der Waals surface area contributed by atoms with Crippen molar-refractivity contribution in [2.45, 2.75) is 124 Å². The van der Waals surface area contributed by atoms with E-state index in [1.165, 1.54) is 103 Å². The van der Waals surface area contributed by atoms with Gasteiger partial charge >= 0.3 is 0 Å². The van der Waals surface area contributed by atoms with Crippen LogP contribution in [-0.2, 0) is 19.5 Å². The summed E-state index contributed by atoms with van der Waals surface area (Å²) in [6.07, 6.45) is 23.8. The normalized spacial score (nSPS) is 11.3. The van der Waals surface area contributed by atoms with Crippen molar-refractivity contribution in [3.63, 3.8) is 0 Å². The van der Waals surface area contributed by atoms with Gasteiger partial charge in [0.1, 0.15) is 12.4 Å². The quantitative estimate of drug-likeness (QED) is 0.242. The molecule has 0 atom stereocenters. The third kappa shape index (κ3) is 8.89. The van der Waals surface area contributed by atoms with Crippen molar-refractivity contribution in [3.8, 4) is 0 Å². The van der Waals surface area contributed by atoms with Crippen LogP contribution < -0.4 is 4.57 Å². The Hall–Kier alpha value is -0.790. The van der Waals surface area contributed by atoms with Crippen LogP contribution in [0.4, 0.5) is 0 Å². The predicted octanol–water partition coefficient (Wildman–Crippen LogP) is 6.45. The van der Waals surface area contributed by atoms with Gasteiger partial charge in [-0.25, -0.2) is 9.13 Å². The summed E-state index contributed by atoms with van der Waals surface area (Å²) in [5, 5.41) is 0. The van der Waals surface area contributed by atoms with Crippen molar-refractivity contribution < 1.29 is 4.57 Å². The molecule has 0 fully saturated rings. The molecular weight excluding hydrogens is 292 g/mol. The van der Waals surface area contributed by atoms with E-state index in [1.54, 1.807) is 5.82 Å². The summed E-state index contributed by atoms with van der Waals surface area (Å²) in [7, 11) is 0. The fourth-order valence-electron chi connectivity index (χ4n) is 3.56. The summed E-state index contributed by atoms with van der Waals surface area (Å²) in [6.45, 7) is 9.25. The first kappa shape index (κ1) is 21.3. The van der Waals surface area contributed by atoms with Crippen molar-refractivity contribution in [2.24, 2.45) is 0 Å². The van der Waals surface area contributed by atoms with Crippen LogP contribution in [0.5, 0.6) is 0 Å². The molecule has 1 aromatic heterocycles. The average molecular weight is 336 g/mol. The first-order valence-corrected chi connectivity index (χ1v) is 10.9. The molecule has 1 rings (SSSR count). The molecule has 140 valence electrons. The van der Waals surface area contributed by atoms with Gasteiger partial charge in [0.25, 0.3) is 5.82 Å². The van der Waals surface area contributed by atoms with Crippen LogP contribution >= 0.6 is 0 Å². The lowest BCUT2D eigenvalue weighted by Crippen LogP contribution is -2.37. The second-order valence-electron chi connectivity index (χ2n) is 7.39. The van der Waals surface area contributed by atoms with Crippen molar-refractivity contribution >= 4 is 0 Å². The minimum atomic E-state index is 1.17. The molecule has 1 heterocycles. The molecule has 24 heavy (non-hydrogen) atoms. The van der Waals surface area contributed by atoms with E-state index in [0.29, 0.717) is 0 Å². The first-order valence-electron chi connectivity index (χ1n) is 10.9. The highest BCUT2D eigenvalue weighted by atomic mass is 15.1. The largest absolute Gasteiger partial charge is 0.256 e. The van der Waals surface area contributed by atoms with E-state index < -0.39 is 0 Å². The van der Waals surface area contributed by atoms with Crippen LogP contribution in [0.2, 0.25) is 0 Å². The summed E-state index contributed by atoms with van der Waals surface area (Å²) < 4.78 is 5.02. The van der Waals surface area contributed by atoms with Gasteiger partial charge in [0.15, 0.2) is 0 Å². The van der Waals surface area contributed by atoms with Crippen LogP contribution in [0.15, 0.2) is 12.4 Å². The zero-order valence-electron chi connectivity index (χ0n) is 16.9. The summed E-state index contributed by atoms with van der Waals surface area (Å²) in [4.78, 5) is 0. The molecule has 0 unspecified atom stereocenters. The summed E-state index contributed by atoms with van der Waals surface area (Å²) in [5.41, 5.74) is 0. The van der Waals surface area contributed by atoms with E-state index in [2.05, 4.69) is 42.3 Å². The molecule has 2 heteroatoms. The van der Waals surface area contributed by atoms with Crippen molar-refractivity contribution in [1.29, 1.82) is 0 Å². The number of unbranched alkanes of at least 4 members (excludes halogenated alkanes) is 10. The fourth-order valence-corrected chi connectivity index (χ4v) is 3.56. The van der Waals surface area contributed by atoms with Gasteiger partial charge in [-0.3, -0.25) is 0 Å². The molecule has 0 aliphatic carbocycles. The molecule has 0 aromatic carbocycles. The molecule has 1 aromatic rings. The highest BCUT2D eigenvalue weighted by Crippen LogP contribution is 2.11. The highest BCUT2D eigenvalue weighted by Gasteiger charge is 2.15. The van der Waals surface area contributed by atoms with Crippen molar-refractivity contribution in [3.05, 3.63) is 18.2 Å². The minimum absolute atomic E-state index is 1.17. The van der Waals surface area contributed by atoms with Gasteiger partial charge in [0.05, 0.1) is 13.1 Å². The summed E-state index contributed by atoms with van der Waals surface area (Å²) in [5.74, 6) is 1.56. The predicted molar refractivity (Wildman–Crippen MR) is 105 cm³/mol. The van der Waals surface area contributed by atoms with Gasteiger partial charge in [-0.2, -0.15) is 0 Å². The zero-order valence-corrected chi connectivity index (χ0v) is 16.9. The maximum atomic E-state index is 2.53. The molecule has 0 saturated heterocycles. The number of hydrogen-bond acceptors (Lipinski definition) is 0. The molecule has 0 saturated carbocycles. The van der Waals surface area contributed by atoms with Gasteiger partial charge in [0.2, 0.25) is 0 Å². The zero-order chi connectivity index (χ0) is 17.5. The molecule has 0 bridgehead atoms. The van der Waals surface area contributed by atoms with Gasteiger partial charge in [0, 0.05) is 6.42 Å². The first-order chi connectivity index (χ1) is 11.8. The van der Waals surface area contributed by atoms with E-state index in [4.69, 9.17) is 0 Å². The summed E-state index contributed by atoms with van der Waals surface area (Å²) >= 11 is 0. The number of imidazole rings is 1. The minimum Gasteiger partial charge on any atom is -0.234 e. The number of rotatable bonds is 16. The van der Waals surface area contributed by atoms with Crippen LogP contribution in [0.1, 0.15) is 110 Å². The molecule has 2 nitrogen and oxygen atoms in total. The van der Waals surface area contributed by atoms with Crippen LogP contribution in [0, 0.1) is 0 Å². The molecule has 0 aliphatic heterocycles. The standard InChI is InChI=1S/C22H43N2/c1-4-7-9-10-11-12-13-14-16-19-24-21-20-23(18-6-3)22(24)17-15-8-5-2/h20-21H,4-19H2,1-3H3/q+1. The fraction of sp³-hybridized carbons (Fsp3) is 0.864. The molecule has 0 aliphatic rings. The van der Waals surface area contributed by atoms with E-state index in [-0.39, 0.29) is 0 Å². The Kier molecular flexibility index (Phi) is 12.9. The Morgan fingerprint density at radius 1 is 0.708 bits per heavy atom. The molecule has 0 spiro atoms. The number of aryl methyl sites for hydroxylation is 2. The monoisotopic (exact) mass is 335 g/mol. The Morgan fingerprint density at radius 3 is 1.92 bits per heavy atom. The van der Waals surface area contributed by atoms with E-state index in [9.17, 15) is 0 Å². The maximum absolute atomic E-state index is 2.53. The lowest BCUT2D eigenvalue weighted by Gasteiger charge is -2.05. The Bertz CT molecular complexity index is 395. The smallest absolute Gasteiger partial charge is 0.234 e. The Balaban J connectivity index is 2.25. The Morgan fingerprint density at radius 2 is 1.29 bits per heavy atom. The number of aromatic nitrogens is 2. The van der Waals surface area contributed by atoms with Crippen molar-refractivity contribution in [1.82, 2.24) is 4.57 Å². The van der Waals surface area contributed by atoms with E-state index in [0.717, 1.165) is 0 Å². The van der Waals surface area contributed by atoms with Gasteiger partial charge in [-0.15, -0.1) is 0 Å². The number of hydrogen-bond donors (Lipinski definition) is 0. The average Bonchev–Trinajstić information content (AvgIpc) is 2.96. The van der Waals surface area contributed by atoms with Crippen LogP contribution in [0.25, 0.3) is 0 Å². The molecule has 0 radical (unpaired) electrons. The van der Waals surface area contributed by atoms with Crippen LogP contribution in [0.3, 0.4) is 0 Å². The molecular formula is C22H43N2+. The maximum Gasteiger partial charge on any atom is 0.256 e. The third-order valence-corrected chi connectivity index (χ3v) is 5.06. The van der Waals surface area contributed by atoms with Crippen molar-refractivity contribution in [2.75, 3.05) is 0 Å². The van der Waals surface area contributed by atoms with Gasteiger partial charge < -0.3 is 0 Å². The molecule has 0 amide bonds. The van der Waals surface area contributed by atoms with Gasteiger partial charge in [-0.1, -0.05) is 78.6 Å². The third-order valence-electron chi connectivity index (χ3n) is 5.06. The summed E-state index contributed by atoms with van der Waals surface area (Å²) in [6, 6.07) is 0. The lowest BCUT2D eigenvalue weighted by atomic mass is 10.1. The molecule has 0 N–H and O–H groups in total. The topological polar surface area (TPSA) is 8.81 Å². The highest BCUT2D eigenvalue weighted by molar-refractivity contribution is 4.84. The SMILES string of the molecule is CCCCCCCCCCCn1cc[n+](CCC)c1CCCCC. The second-order valence-corrected chi connectivity index (χ2v) is 7.39. The second kappa shape index (κ2) is 14.5. The number of nitrogens with zero attached hydrogens (tertiary/aromatic N) is 2. The Labute approximate surface area is 151 Å². The lowest BCUT2D eigenvalue weighted by molar-refractivity contribution is -0.703.